The Bertz CT molecular complexity index is 332. The van der Waals surface area contributed by atoms with Crippen molar-refractivity contribution in [1.82, 2.24) is 4.90 Å². The average molecular weight is 244 g/mol. The van der Waals surface area contributed by atoms with Crippen molar-refractivity contribution in [2.45, 2.75) is 19.3 Å². The molecular formula is C12H15Cl2N. The molecule has 2 rings (SSSR count). The summed E-state index contributed by atoms with van der Waals surface area (Å²) in [5, 5.41) is 1.30. The van der Waals surface area contributed by atoms with Crippen molar-refractivity contribution >= 4 is 23.2 Å². The van der Waals surface area contributed by atoms with Crippen LogP contribution >= 0.6 is 23.2 Å². The van der Waals surface area contributed by atoms with E-state index in [1.807, 2.05) is 12.1 Å². The fourth-order valence-corrected chi connectivity index (χ4v) is 2.31. The fourth-order valence-electron chi connectivity index (χ4n) is 1.99. The third-order valence-corrected chi connectivity index (χ3v) is 3.64. The van der Waals surface area contributed by atoms with Crippen molar-refractivity contribution in [3.63, 3.8) is 0 Å². The number of likely N-dealkylation sites (tertiary alicyclic amines) is 1. The number of hydrogen-bond acceptors (Lipinski definition) is 1. The summed E-state index contributed by atoms with van der Waals surface area (Å²) in [5.41, 5.74) is 1.27. The van der Waals surface area contributed by atoms with Gasteiger partial charge in [0.15, 0.2) is 0 Å². The molecule has 1 aliphatic rings. The van der Waals surface area contributed by atoms with Crippen molar-refractivity contribution in [1.29, 1.82) is 0 Å². The second-order valence-corrected chi connectivity index (χ2v) is 4.86. The van der Waals surface area contributed by atoms with Gasteiger partial charge in [0.2, 0.25) is 0 Å². The summed E-state index contributed by atoms with van der Waals surface area (Å²) in [5.74, 6) is 0. The first-order chi connectivity index (χ1) is 7.25. The lowest BCUT2D eigenvalue weighted by atomic mass is 10.1. The van der Waals surface area contributed by atoms with Gasteiger partial charge in [0.05, 0.1) is 10.0 Å². The predicted octanol–water partition coefficient (Wildman–Crippen LogP) is 3.63. The minimum atomic E-state index is 0.640. The third-order valence-electron chi connectivity index (χ3n) is 2.90. The molecule has 3 heteroatoms. The summed E-state index contributed by atoms with van der Waals surface area (Å²) < 4.78 is 0. The maximum absolute atomic E-state index is 5.96. The third kappa shape index (κ3) is 3.10. The first kappa shape index (κ1) is 11.3. The van der Waals surface area contributed by atoms with Crippen LogP contribution in [0.15, 0.2) is 18.2 Å². The maximum Gasteiger partial charge on any atom is 0.0595 e. The number of benzene rings is 1. The Balaban J connectivity index is 1.90. The van der Waals surface area contributed by atoms with Gasteiger partial charge in [-0.15, -0.1) is 0 Å². The van der Waals surface area contributed by atoms with Crippen LogP contribution in [0.2, 0.25) is 10.0 Å². The summed E-state index contributed by atoms with van der Waals surface area (Å²) in [7, 11) is 0. The quantitative estimate of drug-likeness (QED) is 0.784. The van der Waals surface area contributed by atoms with E-state index in [2.05, 4.69) is 11.0 Å². The Morgan fingerprint density at radius 2 is 1.80 bits per heavy atom. The molecule has 1 heterocycles. The van der Waals surface area contributed by atoms with Crippen LogP contribution in [0.25, 0.3) is 0 Å². The molecule has 82 valence electrons. The second-order valence-electron chi connectivity index (χ2n) is 4.05. The van der Waals surface area contributed by atoms with Crippen LogP contribution in [-0.2, 0) is 6.42 Å². The minimum Gasteiger partial charge on any atom is -0.303 e. The van der Waals surface area contributed by atoms with Crippen LogP contribution in [0.3, 0.4) is 0 Å². The van der Waals surface area contributed by atoms with E-state index < -0.39 is 0 Å². The predicted molar refractivity (Wildman–Crippen MR) is 65.8 cm³/mol. The molecule has 0 atom stereocenters. The van der Waals surface area contributed by atoms with Gasteiger partial charge in [-0.1, -0.05) is 29.3 Å². The monoisotopic (exact) mass is 243 g/mol. The van der Waals surface area contributed by atoms with Crippen LogP contribution in [0.4, 0.5) is 0 Å². The molecule has 0 radical (unpaired) electrons. The van der Waals surface area contributed by atoms with E-state index in [1.165, 1.54) is 31.5 Å². The molecule has 0 unspecified atom stereocenters. The van der Waals surface area contributed by atoms with Gasteiger partial charge in [-0.2, -0.15) is 0 Å². The Kier molecular flexibility index (Phi) is 3.90. The van der Waals surface area contributed by atoms with Crippen LogP contribution in [0.5, 0.6) is 0 Å². The van der Waals surface area contributed by atoms with Crippen molar-refractivity contribution < 1.29 is 0 Å². The molecule has 1 aromatic rings. The standard InChI is InChI=1S/C12H15Cl2N/c13-11-4-3-10(9-12(11)14)5-8-15-6-1-2-7-15/h3-4,9H,1-2,5-8H2. The molecule has 1 nitrogen and oxygen atoms in total. The second kappa shape index (κ2) is 5.20. The number of rotatable bonds is 3. The van der Waals surface area contributed by atoms with Gasteiger partial charge < -0.3 is 4.90 Å². The molecule has 0 N–H and O–H groups in total. The molecule has 0 bridgehead atoms. The zero-order valence-electron chi connectivity index (χ0n) is 8.68. The van der Waals surface area contributed by atoms with E-state index in [4.69, 9.17) is 23.2 Å². The molecule has 1 fully saturated rings. The number of hydrogen-bond donors (Lipinski definition) is 0. The largest absolute Gasteiger partial charge is 0.303 e. The van der Waals surface area contributed by atoms with Crippen molar-refractivity contribution in [2.24, 2.45) is 0 Å². The molecular weight excluding hydrogens is 229 g/mol. The zero-order valence-corrected chi connectivity index (χ0v) is 10.2. The Labute approximate surface area is 101 Å². The lowest BCUT2D eigenvalue weighted by Gasteiger charge is -2.14. The zero-order chi connectivity index (χ0) is 10.7. The lowest BCUT2D eigenvalue weighted by molar-refractivity contribution is 0.343. The van der Waals surface area contributed by atoms with Crippen LogP contribution in [-0.4, -0.2) is 24.5 Å². The molecule has 0 saturated carbocycles. The normalized spacial score (nSPS) is 17.2. The van der Waals surface area contributed by atoms with Crippen molar-refractivity contribution in [2.75, 3.05) is 19.6 Å². The van der Waals surface area contributed by atoms with Gasteiger partial charge >= 0.3 is 0 Å². The summed E-state index contributed by atoms with van der Waals surface area (Å²) in [4.78, 5) is 2.50. The molecule has 1 saturated heterocycles. The molecule has 1 aliphatic heterocycles. The van der Waals surface area contributed by atoms with Gasteiger partial charge in [0, 0.05) is 6.54 Å². The first-order valence-corrected chi connectivity index (χ1v) is 6.17. The molecule has 0 spiro atoms. The number of nitrogens with zero attached hydrogens (tertiary/aromatic N) is 1. The summed E-state index contributed by atoms with van der Waals surface area (Å²) >= 11 is 11.8. The highest BCUT2D eigenvalue weighted by Crippen LogP contribution is 2.23. The lowest BCUT2D eigenvalue weighted by Crippen LogP contribution is -2.21. The smallest absolute Gasteiger partial charge is 0.0595 e. The van der Waals surface area contributed by atoms with Gasteiger partial charge in [-0.25, -0.2) is 0 Å². The summed E-state index contributed by atoms with van der Waals surface area (Å²) in [6.07, 6.45) is 3.76. The van der Waals surface area contributed by atoms with Gasteiger partial charge in [-0.05, 0) is 50.0 Å². The van der Waals surface area contributed by atoms with E-state index in [9.17, 15) is 0 Å². The maximum atomic E-state index is 5.96. The molecule has 0 amide bonds. The van der Waals surface area contributed by atoms with E-state index in [1.54, 1.807) is 0 Å². The average Bonchev–Trinajstić information content (AvgIpc) is 2.73. The van der Waals surface area contributed by atoms with Gasteiger partial charge in [0.25, 0.3) is 0 Å². The highest BCUT2D eigenvalue weighted by atomic mass is 35.5. The Hall–Kier alpha value is -0.240. The van der Waals surface area contributed by atoms with Crippen molar-refractivity contribution in [3.05, 3.63) is 33.8 Å². The van der Waals surface area contributed by atoms with E-state index in [0.29, 0.717) is 10.0 Å². The topological polar surface area (TPSA) is 3.24 Å². The first-order valence-electron chi connectivity index (χ1n) is 5.42. The molecule has 1 aromatic carbocycles. The van der Waals surface area contributed by atoms with E-state index in [0.717, 1.165) is 13.0 Å². The number of halogens is 2. The van der Waals surface area contributed by atoms with Crippen molar-refractivity contribution in [3.8, 4) is 0 Å². The van der Waals surface area contributed by atoms with Crippen LogP contribution < -0.4 is 0 Å². The molecule has 0 aliphatic carbocycles. The fraction of sp³-hybridized carbons (Fsp3) is 0.500. The van der Waals surface area contributed by atoms with E-state index in [-0.39, 0.29) is 0 Å². The molecule has 15 heavy (non-hydrogen) atoms. The van der Waals surface area contributed by atoms with Crippen LogP contribution in [0, 0.1) is 0 Å². The SMILES string of the molecule is Clc1ccc(CCN2CCCC2)cc1Cl. The highest BCUT2D eigenvalue weighted by molar-refractivity contribution is 6.42. The molecule has 0 aromatic heterocycles. The van der Waals surface area contributed by atoms with Crippen LogP contribution in [0.1, 0.15) is 18.4 Å². The van der Waals surface area contributed by atoms with Gasteiger partial charge in [0.1, 0.15) is 0 Å². The highest BCUT2D eigenvalue weighted by Gasteiger charge is 2.10. The van der Waals surface area contributed by atoms with Gasteiger partial charge in [-0.3, -0.25) is 0 Å². The summed E-state index contributed by atoms with van der Waals surface area (Å²) in [6.45, 7) is 3.64. The Morgan fingerprint density at radius 1 is 1.07 bits per heavy atom. The summed E-state index contributed by atoms with van der Waals surface area (Å²) in [6, 6.07) is 5.91. The van der Waals surface area contributed by atoms with E-state index >= 15 is 0 Å². The minimum absolute atomic E-state index is 0.640. The Morgan fingerprint density at radius 3 is 2.47 bits per heavy atom.